The van der Waals surface area contributed by atoms with Crippen molar-refractivity contribution in [3.05, 3.63) is 92.0 Å². The molecular formula is C24H20N4O8. The Labute approximate surface area is 204 Å². The van der Waals surface area contributed by atoms with Gasteiger partial charge in [-0.05, 0) is 18.4 Å². The number of carbonyl (C=O) groups excluding carboxylic acids is 4. The predicted molar refractivity (Wildman–Crippen MR) is 123 cm³/mol. The minimum absolute atomic E-state index is 0.129. The highest BCUT2D eigenvalue weighted by molar-refractivity contribution is 6.10. The largest absolute Gasteiger partial charge is 0.292 e. The third-order valence-electron chi connectivity index (χ3n) is 6.33. The third kappa shape index (κ3) is 4.24. The molecule has 12 nitrogen and oxygen atoms in total. The van der Waals surface area contributed by atoms with E-state index in [1.165, 1.54) is 30.3 Å². The fourth-order valence-corrected chi connectivity index (χ4v) is 4.58. The maximum Gasteiger partial charge on any atom is 0.282 e. The number of nitrogens with zero attached hydrogens (tertiary/aromatic N) is 4. The van der Waals surface area contributed by atoms with Crippen LogP contribution in [0.5, 0.6) is 0 Å². The lowest BCUT2D eigenvalue weighted by Crippen LogP contribution is -2.52. The molecule has 3 atom stereocenters. The van der Waals surface area contributed by atoms with Crippen LogP contribution >= 0.6 is 0 Å². The summed E-state index contributed by atoms with van der Waals surface area (Å²) in [5.41, 5.74) is -1.48. The van der Waals surface area contributed by atoms with E-state index in [2.05, 4.69) is 0 Å². The Bertz CT molecular complexity index is 1340. The van der Waals surface area contributed by atoms with Crippen molar-refractivity contribution >= 4 is 34.9 Å². The lowest BCUT2D eigenvalue weighted by Gasteiger charge is -2.30. The van der Waals surface area contributed by atoms with E-state index >= 15 is 0 Å². The Kier molecular flexibility index (Phi) is 6.43. The van der Waals surface area contributed by atoms with Crippen LogP contribution in [0.1, 0.15) is 34.1 Å². The van der Waals surface area contributed by atoms with E-state index in [1.807, 2.05) is 0 Å². The molecule has 0 bridgehead atoms. The second-order valence-electron chi connectivity index (χ2n) is 8.51. The number of para-hydroxylation sites is 1. The Hall–Kier alpha value is -4.74. The standard InChI is InChI=1S/C24H20N4O8/c1-14-6-4-10-18-21(14)24(32)26(23(18)31)25(22(30)17-9-2-3-11-19(17)28(35)36)13-20(29)15-7-5-8-16(12-15)27(33)34/h2-9,11-12,14,18,21H,10,13H2,1H3/t14-,18-,21-/m1/s1. The summed E-state index contributed by atoms with van der Waals surface area (Å²) < 4.78 is 0. The number of carbonyl (C=O) groups is 4. The first kappa shape index (κ1) is 24.4. The van der Waals surface area contributed by atoms with Gasteiger partial charge in [-0.15, -0.1) is 0 Å². The van der Waals surface area contributed by atoms with Crippen molar-refractivity contribution < 1.29 is 29.0 Å². The van der Waals surface area contributed by atoms with Gasteiger partial charge in [0.2, 0.25) is 0 Å². The zero-order chi connectivity index (χ0) is 26.1. The van der Waals surface area contributed by atoms with Gasteiger partial charge in [0.05, 0.1) is 21.7 Å². The molecule has 36 heavy (non-hydrogen) atoms. The van der Waals surface area contributed by atoms with Gasteiger partial charge in [0.1, 0.15) is 12.1 Å². The van der Waals surface area contributed by atoms with Crippen molar-refractivity contribution in [3.8, 4) is 0 Å². The Morgan fingerprint density at radius 1 is 1.03 bits per heavy atom. The van der Waals surface area contributed by atoms with Crippen LogP contribution in [0.25, 0.3) is 0 Å². The number of hydrazine groups is 1. The van der Waals surface area contributed by atoms with E-state index in [4.69, 9.17) is 0 Å². The summed E-state index contributed by atoms with van der Waals surface area (Å²) in [6, 6.07) is 9.74. The summed E-state index contributed by atoms with van der Waals surface area (Å²) in [6.45, 7) is 0.912. The summed E-state index contributed by atoms with van der Waals surface area (Å²) >= 11 is 0. The molecule has 1 heterocycles. The average molecular weight is 492 g/mol. The molecule has 2 aromatic rings. The van der Waals surface area contributed by atoms with Gasteiger partial charge in [-0.25, -0.2) is 5.01 Å². The van der Waals surface area contributed by atoms with E-state index in [0.717, 1.165) is 18.2 Å². The molecule has 2 aliphatic rings. The molecule has 4 rings (SSSR count). The Morgan fingerprint density at radius 2 is 1.75 bits per heavy atom. The molecule has 0 N–H and O–H groups in total. The van der Waals surface area contributed by atoms with Crippen LogP contribution in [0.3, 0.4) is 0 Å². The van der Waals surface area contributed by atoms with Crippen LogP contribution in [0.15, 0.2) is 60.7 Å². The lowest BCUT2D eigenvalue weighted by atomic mass is 9.78. The zero-order valence-electron chi connectivity index (χ0n) is 19.0. The number of rotatable bonds is 7. The Balaban J connectivity index is 1.77. The molecule has 2 aromatic carbocycles. The number of hydrogen-bond acceptors (Lipinski definition) is 8. The van der Waals surface area contributed by atoms with Crippen LogP contribution in [0.4, 0.5) is 11.4 Å². The van der Waals surface area contributed by atoms with E-state index < -0.39 is 63.0 Å². The molecule has 0 unspecified atom stereocenters. The number of amides is 3. The second kappa shape index (κ2) is 9.49. The minimum atomic E-state index is -1.10. The average Bonchev–Trinajstić information content (AvgIpc) is 3.12. The quantitative estimate of drug-likeness (QED) is 0.187. The third-order valence-corrected chi connectivity index (χ3v) is 6.33. The van der Waals surface area contributed by atoms with Crippen molar-refractivity contribution in [2.45, 2.75) is 13.3 Å². The van der Waals surface area contributed by atoms with Gasteiger partial charge in [-0.1, -0.05) is 43.3 Å². The van der Waals surface area contributed by atoms with Crippen LogP contribution in [-0.4, -0.2) is 49.9 Å². The maximum atomic E-state index is 13.6. The van der Waals surface area contributed by atoms with Gasteiger partial charge in [0.25, 0.3) is 29.1 Å². The summed E-state index contributed by atoms with van der Waals surface area (Å²) in [5.74, 6) is -5.08. The SMILES string of the molecule is C[C@@H]1C=CC[C@H]2C(=O)N(N(CC(=O)c3cccc([N+](=O)[O-])c3)C(=O)c3ccccc3[N+](=O)[O-])C(=O)[C@H]12. The molecule has 0 radical (unpaired) electrons. The van der Waals surface area contributed by atoms with Crippen LogP contribution in [0, 0.1) is 38.0 Å². The fourth-order valence-electron chi connectivity index (χ4n) is 4.58. The van der Waals surface area contributed by atoms with Gasteiger partial charge in [0, 0.05) is 23.8 Å². The molecule has 0 aromatic heterocycles. The monoisotopic (exact) mass is 492 g/mol. The second-order valence-corrected chi connectivity index (χ2v) is 8.51. The molecule has 184 valence electrons. The molecule has 1 aliphatic carbocycles. The van der Waals surface area contributed by atoms with Gasteiger partial charge >= 0.3 is 0 Å². The van der Waals surface area contributed by atoms with Gasteiger partial charge in [0.15, 0.2) is 5.78 Å². The lowest BCUT2D eigenvalue weighted by molar-refractivity contribution is -0.385. The summed E-state index contributed by atoms with van der Waals surface area (Å²) in [7, 11) is 0. The molecule has 12 heteroatoms. The zero-order valence-corrected chi connectivity index (χ0v) is 19.0. The van der Waals surface area contributed by atoms with Crippen LogP contribution in [0.2, 0.25) is 0 Å². The Morgan fingerprint density at radius 3 is 2.42 bits per heavy atom. The number of nitro benzene ring substituents is 2. The number of imide groups is 1. The summed E-state index contributed by atoms with van der Waals surface area (Å²) in [4.78, 5) is 74.5. The highest BCUT2D eigenvalue weighted by Crippen LogP contribution is 2.39. The number of Topliss-reactive ketones (excluding diaryl/α,β-unsaturated/α-hetero) is 1. The van der Waals surface area contributed by atoms with Gasteiger partial charge in [-0.2, -0.15) is 5.01 Å². The summed E-state index contributed by atoms with van der Waals surface area (Å²) in [5, 5.41) is 23.9. The number of fused-ring (bicyclic) bond motifs is 1. The van der Waals surface area contributed by atoms with Crippen molar-refractivity contribution in [3.63, 3.8) is 0 Å². The minimum Gasteiger partial charge on any atom is -0.292 e. The van der Waals surface area contributed by atoms with E-state index in [1.54, 1.807) is 19.1 Å². The number of non-ortho nitro benzene ring substituents is 1. The van der Waals surface area contributed by atoms with E-state index in [0.29, 0.717) is 10.0 Å². The number of nitro groups is 2. The first-order chi connectivity index (χ1) is 17.1. The number of ketones is 1. The van der Waals surface area contributed by atoms with Gasteiger partial charge in [-0.3, -0.25) is 39.4 Å². The van der Waals surface area contributed by atoms with Crippen molar-refractivity contribution in [1.82, 2.24) is 10.0 Å². The number of hydrogen-bond donors (Lipinski definition) is 0. The molecule has 3 amide bonds. The van der Waals surface area contributed by atoms with Crippen molar-refractivity contribution in [1.29, 1.82) is 0 Å². The number of benzene rings is 2. The summed E-state index contributed by atoms with van der Waals surface area (Å²) in [6.07, 6.45) is 3.82. The molecule has 0 spiro atoms. The molecular weight excluding hydrogens is 472 g/mol. The van der Waals surface area contributed by atoms with E-state index in [-0.39, 0.29) is 23.6 Å². The number of allylic oxidation sites excluding steroid dienone is 2. The highest BCUT2D eigenvalue weighted by atomic mass is 16.6. The smallest absolute Gasteiger partial charge is 0.282 e. The van der Waals surface area contributed by atoms with Gasteiger partial charge < -0.3 is 0 Å². The molecule has 1 saturated heterocycles. The fraction of sp³-hybridized carbons (Fsp3) is 0.250. The normalized spacial score (nSPS) is 20.7. The highest BCUT2D eigenvalue weighted by Gasteiger charge is 2.53. The van der Waals surface area contributed by atoms with Crippen LogP contribution in [-0.2, 0) is 9.59 Å². The topological polar surface area (TPSA) is 161 Å². The molecule has 1 aliphatic heterocycles. The molecule has 1 fully saturated rings. The predicted octanol–water partition coefficient (Wildman–Crippen LogP) is 2.94. The first-order valence-corrected chi connectivity index (χ1v) is 11.0. The van der Waals surface area contributed by atoms with E-state index in [9.17, 15) is 39.4 Å². The van der Waals surface area contributed by atoms with Crippen LogP contribution < -0.4 is 0 Å². The maximum absolute atomic E-state index is 13.6. The van der Waals surface area contributed by atoms with Crippen molar-refractivity contribution in [2.24, 2.45) is 17.8 Å². The van der Waals surface area contributed by atoms with Crippen molar-refractivity contribution in [2.75, 3.05) is 6.54 Å². The first-order valence-electron chi connectivity index (χ1n) is 11.0. The molecule has 0 saturated carbocycles.